The van der Waals surface area contributed by atoms with Crippen molar-refractivity contribution in [3.63, 3.8) is 0 Å². The van der Waals surface area contributed by atoms with Gasteiger partial charge in [0.05, 0.1) is 5.56 Å². The number of hydrogen-bond donors (Lipinski definition) is 0. The maximum absolute atomic E-state index is 13.0. The van der Waals surface area contributed by atoms with E-state index in [9.17, 15) is 4.79 Å². The largest absolute Gasteiger partial charge is 0.477 e. The molecule has 0 fully saturated rings. The summed E-state index contributed by atoms with van der Waals surface area (Å²) in [6.45, 7) is 6.14. The number of hydrogen-bond acceptors (Lipinski definition) is 5. The smallest absolute Gasteiger partial charge is 0.231 e. The van der Waals surface area contributed by atoms with Gasteiger partial charge in [0.1, 0.15) is 18.2 Å². The molecule has 0 saturated heterocycles. The van der Waals surface area contributed by atoms with E-state index in [4.69, 9.17) is 9.47 Å². The number of Topliss-reactive ketones (excluding diaryl/α,β-unsaturated/α-hetero) is 1. The molecule has 0 radical (unpaired) electrons. The van der Waals surface area contributed by atoms with Crippen LogP contribution in [0.15, 0.2) is 53.6 Å². The molecule has 0 amide bonds. The first-order chi connectivity index (χ1) is 14.1. The Morgan fingerprint density at radius 3 is 2.72 bits per heavy atom. The monoisotopic (exact) mass is 403 g/mol. The standard InChI is InChI=1S/C24H21NO3S/c1-15-5-7-17(8-6-15)10-21-22(26)20-11-18-12-25(13-19-4-3-9-29-19)14-27-23(18)16(2)24(20)28-21/h3-11H,12-14H2,1-2H3/b21-10-. The molecule has 3 heterocycles. The van der Waals surface area contributed by atoms with E-state index in [2.05, 4.69) is 22.4 Å². The van der Waals surface area contributed by atoms with E-state index in [-0.39, 0.29) is 5.78 Å². The first-order valence-corrected chi connectivity index (χ1v) is 10.5. The molecule has 0 spiro atoms. The number of carbonyl (C=O) groups is 1. The van der Waals surface area contributed by atoms with Crippen LogP contribution in [0.1, 0.15) is 37.5 Å². The van der Waals surface area contributed by atoms with Crippen LogP contribution in [0.25, 0.3) is 6.08 Å². The Morgan fingerprint density at radius 2 is 1.97 bits per heavy atom. The fourth-order valence-corrected chi connectivity index (χ4v) is 4.58. The van der Waals surface area contributed by atoms with Crippen molar-refractivity contribution in [2.24, 2.45) is 0 Å². The van der Waals surface area contributed by atoms with E-state index in [0.29, 0.717) is 23.8 Å². The lowest BCUT2D eigenvalue weighted by atomic mass is 10.00. The van der Waals surface area contributed by atoms with E-state index >= 15 is 0 Å². The average molecular weight is 404 g/mol. The summed E-state index contributed by atoms with van der Waals surface area (Å²) in [6, 6.07) is 14.2. The van der Waals surface area contributed by atoms with Gasteiger partial charge in [-0.25, -0.2) is 0 Å². The van der Waals surface area contributed by atoms with Gasteiger partial charge in [-0.3, -0.25) is 9.69 Å². The van der Waals surface area contributed by atoms with Crippen molar-refractivity contribution in [1.29, 1.82) is 0 Å². The lowest BCUT2D eigenvalue weighted by molar-refractivity contribution is 0.0886. The number of nitrogens with zero attached hydrogens (tertiary/aromatic N) is 1. The molecular formula is C24H21NO3S. The molecule has 2 aromatic carbocycles. The van der Waals surface area contributed by atoms with Gasteiger partial charge in [0.15, 0.2) is 5.76 Å². The Balaban J connectivity index is 1.44. The van der Waals surface area contributed by atoms with Crippen molar-refractivity contribution in [3.8, 4) is 11.5 Å². The Morgan fingerprint density at radius 1 is 1.14 bits per heavy atom. The number of ether oxygens (including phenoxy) is 2. The summed E-state index contributed by atoms with van der Waals surface area (Å²) in [4.78, 5) is 16.5. The van der Waals surface area contributed by atoms with Crippen molar-refractivity contribution < 1.29 is 14.3 Å². The Bertz CT molecular complexity index is 1110. The van der Waals surface area contributed by atoms with Crippen LogP contribution in [0.4, 0.5) is 0 Å². The molecule has 0 unspecified atom stereocenters. The number of fused-ring (bicyclic) bond motifs is 2. The maximum atomic E-state index is 13.0. The molecule has 5 heteroatoms. The molecule has 1 aromatic heterocycles. The van der Waals surface area contributed by atoms with Gasteiger partial charge in [-0.15, -0.1) is 11.3 Å². The zero-order valence-corrected chi connectivity index (χ0v) is 17.2. The van der Waals surface area contributed by atoms with Crippen LogP contribution in [0.5, 0.6) is 11.5 Å². The summed E-state index contributed by atoms with van der Waals surface area (Å²) < 4.78 is 12.0. The van der Waals surface area contributed by atoms with Crippen LogP contribution in [-0.4, -0.2) is 17.4 Å². The highest BCUT2D eigenvalue weighted by molar-refractivity contribution is 7.09. The van der Waals surface area contributed by atoms with Gasteiger partial charge in [-0.1, -0.05) is 35.9 Å². The number of thiophene rings is 1. The second-order valence-electron chi connectivity index (χ2n) is 7.56. The van der Waals surface area contributed by atoms with Crippen LogP contribution < -0.4 is 9.47 Å². The van der Waals surface area contributed by atoms with E-state index in [1.807, 2.05) is 50.3 Å². The van der Waals surface area contributed by atoms with Crippen LogP contribution >= 0.6 is 11.3 Å². The second kappa shape index (κ2) is 7.17. The summed E-state index contributed by atoms with van der Waals surface area (Å²) >= 11 is 1.74. The molecule has 146 valence electrons. The molecule has 2 aliphatic rings. The van der Waals surface area contributed by atoms with Crippen molar-refractivity contribution in [2.45, 2.75) is 26.9 Å². The highest BCUT2D eigenvalue weighted by Gasteiger charge is 2.33. The number of benzene rings is 2. The zero-order valence-electron chi connectivity index (χ0n) is 16.4. The number of ketones is 1. The second-order valence-corrected chi connectivity index (χ2v) is 8.59. The van der Waals surface area contributed by atoms with Gasteiger partial charge < -0.3 is 9.47 Å². The van der Waals surface area contributed by atoms with E-state index in [1.54, 1.807) is 11.3 Å². The van der Waals surface area contributed by atoms with Crippen LogP contribution in [0.2, 0.25) is 0 Å². The van der Waals surface area contributed by atoms with Crippen LogP contribution in [0, 0.1) is 13.8 Å². The molecule has 2 aliphatic heterocycles. The number of aryl methyl sites for hydroxylation is 1. The number of rotatable bonds is 3. The molecule has 0 bridgehead atoms. The molecule has 0 atom stereocenters. The minimum atomic E-state index is -0.0677. The van der Waals surface area contributed by atoms with Crippen LogP contribution in [0.3, 0.4) is 0 Å². The van der Waals surface area contributed by atoms with E-state index in [1.165, 1.54) is 10.4 Å². The van der Waals surface area contributed by atoms with E-state index in [0.717, 1.165) is 35.5 Å². The summed E-state index contributed by atoms with van der Waals surface area (Å²) in [5, 5.41) is 2.09. The topological polar surface area (TPSA) is 38.8 Å². The Hall–Kier alpha value is -2.89. The third-order valence-corrected chi connectivity index (χ3v) is 6.20. The van der Waals surface area contributed by atoms with Gasteiger partial charge in [-0.05, 0) is 43.0 Å². The lowest BCUT2D eigenvalue weighted by Gasteiger charge is -2.30. The summed E-state index contributed by atoms with van der Waals surface area (Å²) in [7, 11) is 0. The number of carbonyl (C=O) groups excluding carboxylic acids is 1. The fourth-order valence-electron chi connectivity index (χ4n) is 3.83. The Labute approximate surface area is 174 Å². The quantitative estimate of drug-likeness (QED) is 0.554. The van der Waals surface area contributed by atoms with Gasteiger partial charge in [0.2, 0.25) is 5.78 Å². The normalized spacial score (nSPS) is 17.0. The summed E-state index contributed by atoms with van der Waals surface area (Å²) in [6.07, 6.45) is 1.81. The molecule has 0 aliphatic carbocycles. The predicted molar refractivity (Wildman–Crippen MR) is 114 cm³/mol. The average Bonchev–Trinajstić information content (AvgIpc) is 3.33. The predicted octanol–water partition coefficient (Wildman–Crippen LogP) is 5.33. The fraction of sp³-hybridized carbons (Fsp3) is 0.208. The molecule has 5 rings (SSSR count). The minimum Gasteiger partial charge on any atom is -0.477 e. The zero-order chi connectivity index (χ0) is 20.0. The van der Waals surface area contributed by atoms with Gasteiger partial charge in [-0.2, -0.15) is 0 Å². The molecule has 29 heavy (non-hydrogen) atoms. The van der Waals surface area contributed by atoms with Gasteiger partial charge >= 0.3 is 0 Å². The lowest BCUT2D eigenvalue weighted by Crippen LogP contribution is -2.31. The molecular weight excluding hydrogens is 382 g/mol. The number of allylic oxidation sites excluding steroid dienone is 1. The van der Waals surface area contributed by atoms with Crippen molar-refractivity contribution in [1.82, 2.24) is 4.90 Å². The van der Waals surface area contributed by atoms with Crippen LogP contribution in [-0.2, 0) is 13.1 Å². The van der Waals surface area contributed by atoms with Gasteiger partial charge in [0, 0.05) is 29.1 Å². The Kier molecular flexibility index (Phi) is 4.49. The summed E-state index contributed by atoms with van der Waals surface area (Å²) in [5.74, 6) is 1.76. The maximum Gasteiger partial charge on any atom is 0.231 e. The SMILES string of the molecule is Cc1ccc(/C=C2\Oc3c(cc4c(c3C)OCN(Cc3cccs3)C4)C2=O)cc1. The molecule has 3 aromatic rings. The minimum absolute atomic E-state index is 0.0677. The third-order valence-electron chi connectivity index (χ3n) is 5.34. The van der Waals surface area contributed by atoms with E-state index < -0.39 is 0 Å². The van der Waals surface area contributed by atoms with Crippen molar-refractivity contribution >= 4 is 23.2 Å². The third kappa shape index (κ3) is 3.37. The first kappa shape index (κ1) is 18.2. The van der Waals surface area contributed by atoms with Gasteiger partial charge in [0.25, 0.3) is 0 Å². The molecule has 4 nitrogen and oxygen atoms in total. The molecule has 0 saturated carbocycles. The van der Waals surface area contributed by atoms with Crippen molar-refractivity contribution in [2.75, 3.05) is 6.73 Å². The molecule has 0 N–H and O–H groups in total. The van der Waals surface area contributed by atoms with Crippen molar-refractivity contribution in [3.05, 3.63) is 86.3 Å². The highest BCUT2D eigenvalue weighted by Crippen LogP contribution is 2.43. The highest BCUT2D eigenvalue weighted by atomic mass is 32.1. The first-order valence-electron chi connectivity index (χ1n) is 9.63. The summed E-state index contributed by atoms with van der Waals surface area (Å²) in [5.41, 5.74) is 4.70.